The van der Waals surface area contributed by atoms with Crippen LogP contribution in [0.25, 0.3) is 11.4 Å². The molecule has 0 aliphatic heterocycles. The van der Waals surface area contributed by atoms with Crippen LogP contribution in [0.15, 0.2) is 42.6 Å². The lowest BCUT2D eigenvalue weighted by molar-refractivity contribution is 0.0696. The van der Waals surface area contributed by atoms with Crippen LogP contribution in [0.4, 0.5) is 5.69 Å². The Balaban J connectivity index is 1.50. The van der Waals surface area contributed by atoms with E-state index in [9.17, 15) is 9.59 Å². The summed E-state index contributed by atoms with van der Waals surface area (Å²) in [5.41, 5.74) is 1.53. The summed E-state index contributed by atoms with van der Waals surface area (Å²) in [5, 5.41) is 18.8. The number of amides is 1. The molecule has 2 heterocycles. The van der Waals surface area contributed by atoms with E-state index in [-0.39, 0.29) is 11.3 Å². The van der Waals surface area contributed by atoms with Gasteiger partial charge in [-0.25, -0.2) is 9.78 Å². The van der Waals surface area contributed by atoms with E-state index in [1.807, 2.05) is 6.07 Å². The van der Waals surface area contributed by atoms with Crippen LogP contribution in [-0.4, -0.2) is 37.1 Å². The minimum atomic E-state index is -1.09. The van der Waals surface area contributed by atoms with Crippen molar-refractivity contribution in [2.24, 2.45) is 0 Å². The molecule has 0 unspecified atom stereocenters. The van der Waals surface area contributed by atoms with Crippen molar-refractivity contribution in [2.75, 3.05) is 5.32 Å². The molecular weight excluding hydrogens is 334 g/mol. The fraction of sp³-hybridized carbons (Fsp3) is 0.167. The molecule has 8 nitrogen and oxygen atoms in total. The lowest BCUT2D eigenvalue weighted by Crippen LogP contribution is -2.14. The molecular formula is C18H15N5O3. The number of carbonyl (C=O) groups excluding carboxylic acids is 1. The predicted molar refractivity (Wildman–Crippen MR) is 92.9 cm³/mol. The quantitative estimate of drug-likeness (QED) is 0.651. The van der Waals surface area contributed by atoms with Crippen LogP contribution in [-0.2, 0) is 0 Å². The molecule has 0 radical (unpaired) electrons. The molecule has 26 heavy (non-hydrogen) atoms. The first kappa shape index (κ1) is 15.9. The first-order valence-electron chi connectivity index (χ1n) is 8.13. The molecule has 3 N–H and O–H groups in total. The number of aromatic nitrogens is 4. The van der Waals surface area contributed by atoms with E-state index in [1.165, 1.54) is 12.1 Å². The van der Waals surface area contributed by atoms with E-state index >= 15 is 0 Å². The normalized spacial score (nSPS) is 13.4. The second-order valence-corrected chi connectivity index (χ2v) is 6.09. The third-order valence-corrected chi connectivity index (χ3v) is 4.09. The molecule has 1 aliphatic rings. The standard InChI is InChI=1S/C18H15N5O3/c24-17(14-7-6-12(9-19-14)18(25)26)20-13-3-1-2-11(8-13)16-21-15(22-23-16)10-4-5-10/h1-3,6-10H,4-5H2,(H,20,24)(H,25,26)(H,21,22,23). The predicted octanol–water partition coefficient (Wildman–Crippen LogP) is 2.69. The lowest BCUT2D eigenvalue weighted by atomic mass is 10.2. The maximum atomic E-state index is 12.3. The van der Waals surface area contributed by atoms with Gasteiger partial charge < -0.3 is 10.4 Å². The van der Waals surface area contributed by atoms with Crippen LogP contribution in [0.3, 0.4) is 0 Å². The fourth-order valence-corrected chi connectivity index (χ4v) is 2.53. The van der Waals surface area contributed by atoms with Gasteiger partial charge in [0.1, 0.15) is 11.5 Å². The average Bonchev–Trinajstić information content (AvgIpc) is 3.39. The number of hydrogen-bond acceptors (Lipinski definition) is 5. The maximum Gasteiger partial charge on any atom is 0.337 e. The fourth-order valence-electron chi connectivity index (χ4n) is 2.53. The summed E-state index contributed by atoms with van der Waals surface area (Å²) in [5.74, 6) is 0.463. The van der Waals surface area contributed by atoms with Crippen LogP contribution < -0.4 is 5.32 Å². The largest absolute Gasteiger partial charge is 0.478 e. The number of pyridine rings is 1. The zero-order valence-corrected chi connectivity index (χ0v) is 13.6. The number of anilines is 1. The number of rotatable bonds is 5. The van der Waals surface area contributed by atoms with Crippen LogP contribution >= 0.6 is 0 Å². The number of carbonyl (C=O) groups is 2. The van der Waals surface area contributed by atoms with Gasteiger partial charge in [0.25, 0.3) is 5.91 Å². The van der Waals surface area contributed by atoms with Gasteiger partial charge in [0.2, 0.25) is 0 Å². The average molecular weight is 349 g/mol. The maximum absolute atomic E-state index is 12.3. The number of carboxylic acid groups (broad SMARTS) is 1. The summed E-state index contributed by atoms with van der Waals surface area (Å²) in [6, 6.07) is 9.92. The second kappa shape index (κ2) is 6.40. The SMILES string of the molecule is O=C(O)c1ccc(C(=O)Nc2cccc(-c3n[nH]c(C4CC4)n3)c2)nc1. The highest BCUT2D eigenvalue weighted by molar-refractivity contribution is 6.03. The third kappa shape index (κ3) is 3.30. The highest BCUT2D eigenvalue weighted by Gasteiger charge is 2.27. The molecule has 0 atom stereocenters. The Labute approximate surface area is 148 Å². The Morgan fingerprint density at radius 2 is 2.04 bits per heavy atom. The number of aromatic amines is 1. The summed E-state index contributed by atoms with van der Waals surface area (Å²) in [6.07, 6.45) is 3.43. The number of nitrogens with zero attached hydrogens (tertiary/aromatic N) is 3. The van der Waals surface area contributed by atoms with Crippen LogP contribution in [0, 0.1) is 0 Å². The molecule has 0 bridgehead atoms. The number of hydrogen-bond donors (Lipinski definition) is 3. The van der Waals surface area contributed by atoms with E-state index in [4.69, 9.17) is 5.11 Å². The summed E-state index contributed by atoms with van der Waals surface area (Å²) in [6.45, 7) is 0. The second-order valence-electron chi connectivity index (χ2n) is 6.09. The molecule has 1 fully saturated rings. The van der Waals surface area contributed by atoms with Gasteiger partial charge in [0, 0.05) is 23.4 Å². The summed E-state index contributed by atoms with van der Waals surface area (Å²) in [4.78, 5) is 31.5. The van der Waals surface area contributed by atoms with E-state index in [0.29, 0.717) is 17.4 Å². The Hall–Kier alpha value is -3.55. The molecule has 130 valence electrons. The topological polar surface area (TPSA) is 121 Å². The first-order valence-corrected chi connectivity index (χ1v) is 8.13. The van der Waals surface area contributed by atoms with Crippen molar-refractivity contribution in [2.45, 2.75) is 18.8 Å². The zero-order valence-electron chi connectivity index (χ0n) is 13.6. The van der Waals surface area contributed by atoms with Gasteiger partial charge in [0.15, 0.2) is 5.82 Å². The Morgan fingerprint density at radius 1 is 1.19 bits per heavy atom. The van der Waals surface area contributed by atoms with E-state index in [2.05, 4.69) is 25.5 Å². The van der Waals surface area contributed by atoms with Crippen molar-refractivity contribution in [1.29, 1.82) is 0 Å². The van der Waals surface area contributed by atoms with Crippen molar-refractivity contribution in [1.82, 2.24) is 20.2 Å². The molecule has 3 aromatic rings. The van der Waals surface area contributed by atoms with Gasteiger partial charge in [-0.1, -0.05) is 12.1 Å². The summed E-state index contributed by atoms with van der Waals surface area (Å²) < 4.78 is 0. The van der Waals surface area contributed by atoms with Crippen molar-refractivity contribution in [3.05, 3.63) is 59.7 Å². The van der Waals surface area contributed by atoms with Crippen LogP contribution in [0.5, 0.6) is 0 Å². The molecule has 2 aromatic heterocycles. The number of carboxylic acids is 1. The van der Waals surface area contributed by atoms with Gasteiger partial charge in [-0.05, 0) is 37.1 Å². The minimum absolute atomic E-state index is 0.0274. The molecule has 0 spiro atoms. The number of benzene rings is 1. The highest BCUT2D eigenvalue weighted by Crippen LogP contribution is 2.38. The number of nitrogens with one attached hydrogen (secondary N) is 2. The number of H-pyrrole nitrogens is 1. The van der Waals surface area contributed by atoms with Crippen molar-refractivity contribution >= 4 is 17.6 Å². The van der Waals surface area contributed by atoms with Gasteiger partial charge in [-0.2, -0.15) is 5.10 Å². The highest BCUT2D eigenvalue weighted by atomic mass is 16.4. The molecule has 8 heteroatoms. The monoisotopic (exact) mass is 349 g/mol. The molecule has 1 aliphatic carbocycles. The van der Waals surface area contributed by atoms with Gasteiger partial charge in [-0.15, -0.1) is 0 Å². The van der Waals surface area contributed by atoms with Gasteiger partial charge in [0.05, 0.1) is 5.56 Å². The smallest absolute Gasteiger partial charge is 0.337 e. The Bertz CT molecular complexity index is 977. The van der Waals surface area contributed by atoms with Crippen molar-refractivity contribution < 1.29 is 14.7 Å². The molecule has 1 amide bonds. The van der Waals surface area contributed by atoms with Gasteiger partial charge >= 0.3 is 5.97 Å². The first-order chi connectivity index (χ1) is 12.6. The van der Waals surface area contributed by atoms with Gasteiger partial charge in [-0.3, -0.25) is 14.9 Å². The van der Waals surface area contributed by atoms with Crippen molar-refractivity contribution in [3.63, 3.8) is 0 Å². The van der Waals surface area contributed by atoms with E-state index in [1.54, 1.807) is 18.2 Å². The Morgan fingerprint density at radius 3 is 2.73 bits per heavy atom. The molecule has 1 aromatic carbocycles. The number of aromatic carboxylic acids is 1. The molecule has 1 saturated carbocycles. The summed E-state index contributed by atoms with van der Waals surface area (Å²) in [7, 11) is 0. The van der Waals surface area contributed by atoms with Crippen LogP contribution in [0.1, 0.15) is 45.4 Å². The van der Waals surface area contributed by atoms with Crippen LogP contribution in [0.2, 0.25) is 0 Å². The van der Waals surface area contributed by atoms with E-state index in [0.717, 1.165) is 30.4 Å². The zero-order chi connectivity index (χ0) is 18.1. The Kier molecular flexibility index (Phi) is 3.92. The van der Waals surface area contributed by atoms with Crippen molar-refractivity contribution in [3.8, 4) is 11.4 Å². The molecule has 4 rings (SSSR count). The summed E-state index contributed by atoms with van der Waals surface area (Å²) >= 11 is 0. The lowest BCUT2D eigenvalue weighted by Gasteiger charge is -2.06. The third-order valence-electron chi connectivity index (χ3n) is 4.09. The minimum Gasteiger partial charge on any atom is -0.478 e. The molecule has 0 saturated heterocycles. The van der Waals surface area contributed by atoms with E-state index < -0.39 is 11.9 Å².